The fourth-order valence-corrected chi connectivity index (χ4v) is 9.65. The van der Waals surface area contributed by atoms with Gasteiger partial charge in [0.05, 0.1) is 0 Å². The maximum Gasteiger partial charge on any atom is 0.00679 e. The molecule has 168 valence electrons. The quantitative estimate of drug-likeness (QED) is 0.354. The molecular weight excluding hydrogens is 408 g/mol. The lowest BCUT2D eigenvalue weighted by Gasteiger charge is -2.55. The fourth-order valence-electron chi connectivity index (χ4n) is 9.65. The van der Waals surface area contributed by atoms with E-state index in [0.29, 0.717) is 11.8 Å². The third-order valence-electron chi connectivity index (χ3n) is 10.8. The summed E-state index contributed by atoms with van der Waals surface area (Å²) < 4.78 is 0. The Balaban J connectivity index is 1.28. The third kappa shape index (κ3) is 2.22. The summed E-state index contributed by atoms with van der Waals surface area (Å²) in [7, 11) is 0. The Labute approximate surface area is 203 Å². The molecule has 6 unspecified atom stereocenters. The second-order valence-electron chi connectivity index (χ2n) is 12.1. The molecule has 0 spiro atoms. The first-order chi connectivity index (χ1) is 16.9. The van der Waals surface area contributed by atoms with Gasteiger partial charge in [-0.1, -0.05) is 60.7 Å². The second-order valence-corrected chi connectivity index (χ2v) is 12.1. The van der Waals surface area contributed by atoms with Crippen molar-refractivity contribution in [3.8, 4) is 0 Å². The summed E-state index contributed by atoms with van der Waals surface area (Å²) >= 11 is 0. The number of hydrogen-bond donors (Lipinski definition) is 0. The molecule has 1 aromatic carbocycles. The molecule has 0 amide bonds. The highest BCUT2D eigenvalue weighted by molar-refractivity contribution is 5.85. The highest BCUT2D eigenvalue weighted by Gasteiger charge is 2.53. The molecule has 1 fully saturated rings. The molecular formula is C34H32. The summed E-state index contributed by atoms with van der Waals surface area (Å²) in [5, 5.41) is 0. The van der Waals surface area contributed by atoms with Gasteiger partial charge in [0.15, 0.2) is 0 Å². The summed E-state index contributed by atoms with van der Waals surface area (Å²) in [4.78, 5) is 0. The number of rotatable bonds is 0. The fraction of sp³-hybridized carbons (Fsp3) is 0.412. The monoisotopic (exact) mass is 440 g/mol. The Morgan fingerprint density at radius 3 is 2.38 bits per heavy atom. The van der Waals surface area contributed by atoms with Gasteiger partial charge in [0.25, 0.3) is 0 Å². The average Bonchev–Trinajstić information content (AvgIpc) is 2.90. The topological polar surface area (TPSA) is 0 Å². The van der Waals surface area contributed by atoms with Gasteiger partial charge in [0.1, 0.15) is 0 Å². The molecule has 0 aromatic heterocycles. The van der Waals surface area contributed by atoms with Gasteiger partial charge in [0, 0.05) is 11.8 Å². The van der Waals surface area contributed by atoms with Crippen LogP contribution >= 0.6 is 0 Å². The standard InChI is InChI=1S/C34H32/c1-3-7-23-19(5-1)17-21-9-11-27-28-12-10-22-18-20-6-2-4-8-24(20)26-14-16-30(34(28)32(22)26)29-15-13-25(23)31(21)33(27)29/h1-2,5-6,9,11,13-16,21-22,27-28,32,34H,3-4,7-8,10,12,17-18H2. The van der Waals surface area contributed by atoms with E-state index in [4.69, 9.17) is 0 Å². The van der Waals surface area contributed by atoms with Crippen molar-refractivity contribution in [1.29, 1.82) is 0 Å². The van der Waals surface area contributed by atoms with Gasteiger partial charge in [-0.15, -0.1) is 0 Å². The van der Waals surface area contributed by atoms with Crippen molar-refractivity contribution in [1.82, 2.24) is 0 Å². The van der Waals surface area contributed by atoms with Crippen molar-refractivity contribution in [2.24, 2.45) is 23.7 Å². The largest absolute Gasteiger partial charge is 0.0839 e. The van der Waals surface area contributed by atoms with Crippen LogP contribution in [0.3, 0.4) is 0 Å². The summed E-state index contributed by atoms with van der Waals surface area (Å²) in [6.45, 7) is 0. The maximum absolute atomic E-state index is 2.68. The van der Waals surface area contributed by atoms with Crippen LogP contribution in [0.2, 0.25) is 0 Å². The molecule has 1 saturated carbocycles. The molecule has 8 aliphatic carbocycles. The smallest absolute Gasteiger partial charge is 0.00679 e. The molecule has 34 heavy (non-hydrogen) atoms. The predicted molar refractivity (Wildman–Crippen MR) is 140 cm³/mol. The molecule has 0 nitrogen and oxygen atoms in total. The zero-order valence-corrected chi connectivity index (χ0v) is 19.9. The molecule has 9 rings (SSSR count). The first-order valence-corrected chi connectivity index (χ1v) is 13.9. The van der Waals surface area contributed by atoms with Crippen LogP contribution in [0.4, 0.5) is 0 Å². The van der Waals surface area contributed by atoms with Gasteiger partial charge >= 0.3 is 0 Å². The SMILES string of the molecule is C1=CC2=C(CC1)C1=CC=C3c4ccc5c6c4C(C=CC6CC4=C5CCC=C4)C4CCC(C2)C1C34. The number of fused-ring (bicyclic) bond motifs is 4. The van der Waals surface area contributed by atoms with Crippen molar-refractivity contribution < 1.29 is 0 Å². The molecule has 0 heteroatoms. The minimum Gasteiger partial charge on any atom is -0.0839 e. The molecule has 8 aliphatic rings. The number of allylic oxidation sites excluding steroid dienone is 14. The normalized spacial score (nSPS) is 37.4. The van der Waals surface area contributed by atoms with Crippen molar-refractivity contribution in [2.45, 2.75) is 63.2 Å². The maximum atomic E-state index is 2.68. The van der Waals surface area contributed by atoms with Crippen molar-refractivity contribution in [3.63, 3.8) is 0 Å². The van der Waals surface area contributed by atoms with Crippen LogP contribution in [-0.2, 0) is 0 Å². The number of hydrogen-bond acceptors (Lipinski definition) is 0. The van der Waals surface area contributed by atoms with Gasteiger partial charge < -0.3 is 0 Å². The third-order valence-corrected chi connectivity index (χ3v) is 10.8. The van der Waals surface area contributed by atoms with Crippen LogP contribution in [0.15, 0.2) is 83.0 Å². The van der Waals surface area contributed by atoms with Crippen molar-refractivity contribution >= 4 is 11.1 Å². The lowest BCUT2D eigenvalue weighted by Crippen LogP contribution is -2.45. The lowest BCUT2D eigenvalue weighted by atomic mass is 9.48. The highest BCUT2D eigenvalue weighted by Crippen LogP contribution is 2.65. The van der Waals surface area contributed by atoms with E-state index < -0.39 is 0 Å². The zero-order valence-electron chi connectivity index (χ0n) is 19.9. The molecule has 1 aromatic rings. The average molecular weight is 441 g/mol. The molecule has 0 N–H and O–H groups in total. The van der Waals surface area contributed by atoms with E-state index in [2.05, 4.69) is 60.7 Å². The summed E-state index contributed by atoms with van der Waals surface area (Å²) in [6.07, 6.45) is 30.5. The van der Waals surface area contributed by atoms with Gasteiger partial charge in [0.2, 0.25) is 0 Å². The zero-order chi connectivity index (χ0) is 22.0. The van der Waals surface area contributed by atoms with E-state index in [1.165, 1.54) is 51.4 Å². The molecule has 0 heterocycles. The molecule has 0 radical (unpaired) electrons. The summed E-state index contributed by atoms with van der Waals surface area (Å²) in [6, 6.07) is 5.08. The first kappa shape index (κ1) is 18.7. The Hall–Kier alpha value is -2.60. The molecule has 6 atom stereocenters. The Morgan fingerprint density at radius 1 is 0.676 bits per heavy atom. The minimum atomic E-state index is 0.585. The minimum absolute atomic E-state index is 0.585. The Morgan fingerprint density at radius 2 is 1.47 bits per heavy atom. The van der Waals surface area contributed by atoms with Crippen LogP contribution in [0.5, 0.6) is 0 Å². The number of benzene rings is 1. The van der Waals surface area contributed by atoms with Crippen LogP contribution in [0, 0.1) is 23.7 Å². The van der Waals surface area contributed by atoms with E-state index in [0.717, 1.165) is 23.7 Å². The van der Waals surface area contributed by atoms with Crippen LogP contribution in [0.25, 0.3) is 11.1 Å². The van der Waals surface area contributed by atoms with Crippen LogP contribution < -0.4 is 0 Å². The summed E-state index contributed by atoms with van der Waals surface area (Å²) in [5.74, 6) is 4.34. The molecule has 0 aliphatic heterocycles. The van der Waals surface area contributed by atoms with E-state index in [1.807, 2.05) is 0 Å². The van der Waals surface area contributed by atoms with E-state index in [1.54, 1.807) is 55.7 Å². The lowest BCUT2D eigenvalue weighted by molar-refractivity contribution is 0.132. The summed E-state index contributed by atoms with van der Waals surface area (Å²) in [5.41, 5.74) is 16.8. The van der Waals surface area contributed by atoms with Crippen LogP contribution in [0.1, 0.15) is 85.5 Å². The highest BCUT2D eigenvalue weighted by atomic mass is 14.6. The molecule has 0 bridgehead atoms. The van der Waals surface area contributed by atoms with Gasteiger partial charge in [-0.3, -0.25) is 0 Å². The van der Waals surface area contributed by atoms with E-state index in [9.17, 15) is 0 Å². The predicted octanol–water partition coefficient (Wildman–Crippen LogP) is 8.58. The van der Waals surface area contributed by atoms with Crippen LogP contribution in [-0.4, -0.2) is 0 Å². The Bertz CT molecular complexity index is 1380. The van der Waals surface area contributed by atoms with Gasteiger partial charge in [-0.2, -0.15) is 0 Å². The van der Waals surface area contributed by atoms with E-state index in [-0.39, 0.29) is 0 Å². The Kier molecular flexibility index (Phi) is 3.59. The second kappa shape index (κ2) is 6.54. The first-order valence-electron chi connectivity index (χ1n) is 13.9. The van der Waals surface area contributed by atoms with Crippen molar-refractivity contribution in [2.75, 3.05) is 0 Å². The van der Waals surface area contributed by atoms with Crippen molar-refractivity contribution in [3.05, 3.63) is 105 Å². The van der Waals surface area contributed by atoms with Gasteiger partial charge in [-0.25, -0.2) is 0 Å². The molecule has 0 saturated heterocycles. The van der Waals surface area contributed by atoms with E-state index >= 15 is 0 Å². The van der Waals surface area contributed by atoms with Gasteiger partial charge in [-0.05, 0) is 131 Å².